The molecule has 0 fully saturated rings. The Morgan fingerprint density at radius 1 is 0.613 bits per heavy atom. The van der Waals surface area contributed by atoms with Crippen molar-refractivity contribution in [1.82, 2.24) is 0 Å². The van der Waals surface area contributed by atoms with Crippen LogP contribution in [0.5, 0.6) is 0 Å². The maximum Gasteiger partial charge on any atom is 0.703 e. The Labute approximate surface area is 172 Å². The van der Waals surface area contributed by atoms with Gasteiger partial charge in [0.15, 0.2) is 21.2 Å². The first-order chi connectivity index (χ1) is 14.5. The number of nitrogens with zero attached hydrogens (tertiary/aromatic N) is 5. The molecule has 0 atom stereocenters. The fraction of sp³-hybridized carbons (Fsp3) is 0.250. The van der Waals surface area contributed by atoms with Gasteiger partial charge in [-0.25, -0.2) is 0 Å². The zero-order valence-electron chi connectivity index (χ0n) is 15.6. The van der Waals surface area contributed by atoms with Gasteiger partial charge in [0.25, 0.3) is 0 Å². The highest BCUT2D eigenvalue weighted by atomic mass is 16.7. The second-order valence-corrected chi connectivity index (χ2v) is 5.95. The van der Waals surface area contributed by atoms with Crippen LogP contribution in [0.15, 0.2) is 60.7 Å². The van der Waals surface area contributed by atoms with Gasteiger partial charge in [-0.15, -0.1) is 0 Å². The zero-order valence-corrected chi connectivity index (χ0v) is 15.6. The van der Waals surface area contributed by atoms with Gasteiger partial charge in [0.05, 0.1) is 9.85 Å². The molecule has 0 N–H and O–H groups in total. The summed E-state index contributed by atoms with van der Waals surface area (Å²) in [6, 6.07) is 15.6. The summed E-state index contributed by atoms with van der Waals surface area (Å²) in [6.07, 6.45) is -2.83. The van der Waals surface area contributed by atoms with Crippen molar-refractivity contribution in [3.63, 3.8) is 0 Å². The Morgan fingerprint density at radius 2 is 0.968 bits per heavy atom. The zero-order chi connectivity index (χ0) is 23.6. The summed E-state index contributed by atoms with van der Waals surface area (Å²) in [5.41, 5.74) is 0.739. The first-order valence-electron chi connectivity index (χ1n) is 8.30. The van der Waals surface area contributed by atoms with Gasteiger partial charge in [0, 0.05) is 0 Å². The van der Waals surface area contributed by atoms with Gasteiger partial charge < -0.3 is 0 Å². The van der Waals surface area contributed by atoms with Crippen LogP contribution in [-0.4, -0.2) is 36.6 Å². The molecule has 15 nitrogen and oxygen atoms in total. The largest absolute Gasteiger partial charge is 0.703 e. The van der Waals surface area contributed by atoms with Crippen LogP contribution in [0.3, 0.4) is 0 Å². The highest BCUT2D eigenvalue weighted by Crippen LogP contribution is 2.19. The summed E-state index contributed by atoms with van der Waals surface area (Å²) >= 11 is 0. The number of rotatable bonds is 9. The highest BCUT2D eigenvalue weighted by Gasteiger charge is 2.70. The minimum atomic E-state index is -3.43. The lowest BCUT2D eigenvalue weighted by atomic mass is 10.1. The third-order valence-corrected chi connectivity index (χ3v) is 3.91. The van der Waals surface area contributed by atoms with Crippen molar-refractivity contribution in [1.29, 1.82) is 0 Å². The summed E-state index contributed by atoms with van der Waals surface area (Å²) in [6.45, 7) is 0. The molecule has 15 heteroatoms. The molecule has 2 aromatic carbocycles. The molecule has 0 saturated heterocycles. The number of benzene rings is 2. The molecule has 0 aliphatic carbocycles. The first-order valence-corrected chi connectivity index (χ1v) is 8.30. The summed E-state index contributed by atoms with van der Waals surface area (Å²) in [4.78, 5) is 46.3. The first kappa shape index (κ1) is 24.5. The minimum Gasteiger partial charge on any atom is -0.259 e. The maximum atomic E-state index is 10.6. The molecule has 2 aromatic rings. The lowest BCUT2D eigenvalue weighted by Crippen LogP contribution is -2.54. The lowest BCUT2D eigenvalue weighted by molar-refractivity contribution is -0.969. The molecular formula is C16H15N5O10. The minimum absolute atomic E-state index is 0.151. The smallest absolute Gasteiger partial charge is 0.259 e. The fourth-order valence-corrected chi connectivity index (χ4v) is 2.31. The maximum absolute atomic E-state index is 10.6. The molecule has 164 valence electrons. The molecule has 0 spiro atoms. The molecule has 0 aliphatic rings. The van der Waals surface area contributed by atoms with Crippen molar-refractivity contribution < 1.29 is 24.6 Å². The van der Waals surface area contributed by atoms with Crippen molar-refractivity contribution in [3.8, 4) is 0 Å². The standard InChI is InChI=1S/C8H7N3O6.C8H8N2O4/c12-9(13)8(10(14)15,11(16)17)6-7-4-2-1-3-5-7;11-9(12)8(10(13)14)6-7-4-2-1-3-5-7/h1-5H,6H2;1-5,8H,6H2. The molecular weight excluding hydrogens is 422 g/mol. The van der Waals surface area contributed by atoms with Crippen LogP contribution in [0, 0.1) is 50.6 Å². The fourth-order valence-electron chi connectivity index (χ4n) is 2.31. The van der Waals surface area contributed by atoms with Crippen molar-refractivity contribution in [3.05, 3.63) is 122 Å². The summed E-state index contributed by atoms with van der Waals surface area (Å²) in [5, 5.41) is 52.5. The Kier molecular flexibility index (Phi) is 8.56. The number of hydrogen-bond donors (Lipinski definition) is 0. The van der Waals surface area contributed by atoms with E-state index >= 15 is 0 Å². The Bertz CT molecular complexity index is 904. The molecule has 31 heavy (non-hydrogen) atoms. The van der Waals surface area contributed by atoms with Gasteiger partial charge in [-0.1, -0.05) is 60.7 Å². The monoisotopic (exact) mass is 437 g/mol. The molecule has 0 aromatic heterocycles. The van der Waals surface area contributed by atoms with E-state index in [4.69, 9.17) is 0 Å². The Hall–Kier alpha value is -4.56. The van der Waals surface area contributed by atoms with Crippen LogP contribution >= 0.6 is 0 Å². The molecule has 0 heterocycles. The molecule has 0 bridgehead atoms. The second kappa shape index (κ2) is 10.8. The normalized spacial score (nSPS) is 10.5. The molecule has 0 amide bonds. The van der Waals surface area contributed by atoms with Crippen LogP contribution in [0.1, 0.15) is 11.1 Å². The van der Waals surface area contributed by atoms with Crippen LogP contribution in [0.2, 0.25) is 0 Å². The van der Waals surface area contributed by atoms with E-state index in [-0.39, 0.29) is 12.0 Å². The van der Waals surface area contributed by atoms with E-state index in [1.54, 1.807) is 36.4 Å². The third-order valence-electron chi connectivity index (χ3n) is 3.91. The van der Waals surface area contributed by atoms with E-state index < -0.39 is 43.0 Å². The van der Waals surface area contributed by atoms with E-state index in [0.29, 0.717) is 5.56 Å². The average Bonchev–Trinajstić information content (AvgIpc) is 2.71. The predicted molar refractivity (Wildman–Crippen MR) is 102 cm³/mol. The van der Waals surface area contributed by atoms with Gasteiger partial charge in [0.2, 0.25) is 0 Å². The Balaban J connectivity index is 0.000000316. The number of hydrogen-bond acceptors (Lipinski definition) is 10. The molecule has 2 rings (SSSR count). The van der Waals surface area contributed by atoms with Gasteiger partial charge in [0.1, 0.15) is 6.42 Å². The molecule has 0 unspecified atom stereocenters. The SMILES string of the molecule is O=[N+]([O-])C(Cc1ccccc1)([N+](=O)[O-])[N+](=O)[O-].O=[N+]([O-])C(Cc1ccccc1)[N+](=O)[O-]. The van der Waals surface area contributed by atoms with E-state index in [1.807, 2.05) is 0 Å². The van der Waals surface area contributed by atoms with Crippen LogP contribution in [0.4, 0.5) is 0 Å². The van der Waals surface area contributed by atoms with E-state index in [0.717, 1.165) is 0 Å². The Morgan fingerprint density at radius 3 is 1.29 bits per heavy atom. The lowest BCUT2D eigenvalue weighted by Gasteiger charge is -2.08. The van der Waals surface area contributed by atoms with Crippen molar-refractivity contribution in [2.24, 2.45) is 0 Å². The summed E-state index contributed by atoms with van der Waals surface area (Å²) in [5.74, 6) is -3.43. The number of nitro groups is 5. The summed E-state index contributed by atoms with van der Waals surface area (Å²) in [7, 11) is 0. The third kappa shape index (κ3) is 6.48. The van der Waals surface area contributed by atoms with E-state index in [1.165, 1.54) is 24.3 Å². The van der Waals surface area contributed by atoms with Gasteiger partial charge in [-0.05, 0) is 11.1 Å². The predicted octanol–water partition coefficient (Wildman–Crippen LogP) is 1.82. The van der Waals surface area contributed by atoms with E-state index in [2.05, 4.69) is 0 Å². The van der Waals surface area contributed by atoms with Gasteiger partial charge in [-0.2, -0.15) is 0 Å². The van der Waals surface area contributed by atoms with E-state index in [9.17, 15) is 50.6 Å². The highest BCUT2D eigenvalue weighted by molar-refractivity contribution is 5.16. The molecule has 0 saturated carbocycles. The van der Waals surface area contributed by atoms with Crippen molar-refractivity contribution >= 4 is 0 Å². The average molecular weight is 437 g/mol. The van der Waals surface area contributed by atoms with Crippen molar-refractivity contribution in [2.45, 2.75) is 24.8 Å². The van der Waals surface area contributed by atoms with Crippen molar-refractivity contribution in [2.75, 3.05) is 0 Å². The molecule has 0 aliphatic heterocycles. The topological polar surface area (TPSA) is 216 Å². The van der Waals surface area contributed by atoms with Gasteiger partial charge in [-0.3, -0.25) is 50.6 Å². The van der Waals surface area contributed by atoms with Gasteiger partial charge >= 0.3 is 12.0 Å². The summed E-state index contributed by atoms with van der Waals surface area (Å²) < 4.78 is 0. The quantitative estimate of drug-likeness (QED) is 0.315. The van der Waals surface area contributed by atoms with Crippen LogP contribution < -0.4 is 0 Å². The van der Waals surface area contributed by atoms with Crippen LogP contribution in [-0.2, 0) is 12.8 Å². The van der Waals surface area contributed by atoms with Crippen LogP contribution in [0.25, 0.3) is 0 Å². The molecule has 0 radical (unpaired) electrons. The second-order valence-electron chi connectivity index (χ2n) is 5.95.